The fourth-order valence-corrected chi connectivity index (χ4v) is 6.80. The Morgan fingerprint density at radius 1 is 0.870 bits per heavy atom. The van der Waals surface area contributed by atoms with Gasteiger partial charge >= 0.3 is 0 Å². The normalized spacial score (nSPS) is 13.9. The van der Waals surface area contributed by atoms with Gasteiger partial charge in [0, 0.05) is 24.7 Å². The number of nitrogens with one attached hydrogen (secondary N) is 1. The summed E-state index contributed by atoms with van der Waals surface area (Å²) >= 11 is 0. The first-order valence-corrected chi connectivity index (χ1v) is 16.3. The van der Waals surface area contributed by atoms with E-state index in [1.807, 2.05) is 0 Å². The van der Waals surface area contributed by atoms with Crippen molar-refractivity contribution in [1.82, 2.24) is 10.2 Å². The third kappa shape index (κ3) is 7.82. The van der Waals surface area contributed by atoms with Gasteiger partial charge in [-0.2, -0.15) is 0 Å². The van der Waals surface area contributed by atoms with Crippen molar-refractivity contribution < 1.29 is 41.3 Å². The van der Waals surface area contributed by atoms with Crippen LogP contribution in [0.3, 0.4) is 0 Å². The van der Waals surface area contributed by atoms with E-state index in [1.165, 1.54) is 87.9 Å². The molecule has 248 valence electrons. The number of amides is 2. The van der Waals surface area contributed by atoms with E-state index in [0.29, 0.717) is 17.1 Å². The minimum absolute atomic E-state index is 0.000645. The highest BCUT2D eigenvalue weighted by atomic mass is 32.2. The SMILES string of the molecule is COc1ccc(OC)c(N(CC(=O)N(Cc2ccc(F)cc2)C(C)C(=O)NC2CCCC2)S(=O)(=O)c2ccc(OC)c(OC)c2)c1. The molecule has 1 N–H and O–H groups in total. The van der Waals surface area contributed by atoms with Crippen LogP contribution in [-0.2, 0) is 26.2 Å². The molecule has 1 fully saturated rings. The van der Waals surface area contributed by atoms with Crippen LogP contribution in [0.1, 0.15) is 38.2 Å². The molecule has 1 aliphatic carbocycles. The molecular formula is C33H40FN3O8S. The second-order valence-electron chi connectivity index (χ2n) is 10.9. The number of halogens is 1. The molecule has 4 rings (SSSR count). The van der Waals surface area contributed by atoms with Gasteiger partial charge in [0.05, 0.1) is 39.0 Å². The van der Waals surface area contributed by atoms with Gasteiger partial charge in [0.15, 0.2) is 11.5 Å². The van der Waals surface area contributed by atoms with Gasteiger partial charge in [0.25, 0.3) is 10.0 Å². The number of rotatable bonds is 14. The number of hydrogen-bond acceptors (Lipinski definition) is 8. The maximum Gasteiger partial charge on any atom is 0.265 e. The van der Waals surface area contributed by atoms with Crippen molar-refractivity contribution in [2.45, 2.75) is 56.1 Å². The molecule has 11 nitrogen and oxygen atoms in total. The van der Waals surface area contributed by atoms with E-state index >= 15 is 0 Å². The van der Waals surface area contributed by atoms with E-state index in [1.54, 1.807) is 13.0 Å². The second-order valence-corrected chi connectivity index (χ2v) is 12.7. The quantitative estimate of drug-likeness (QED) is 0.268. The fourth-order valence-electron chi connectivity index (χ4n) is 5.37. The zero-order valence-corrected chi connectivity index (χ0v) is 27.4. The van der Waals surface area contributed by atoms with Gasteiger partial charge in [-0.25, -0.2) is 12.8 Å². The fraction of sp³-hybridized carbons (Fsp3) is 0.394. The first kappa shape index (κ1) is 34.4. The summed E-state index contributed by atoms with van der Waals surface area (Å²) in [7, 11) is 1.14. The third-order valence-electron chi connectivity index (χ3n) is 8.01. The number of methoxy groups -OCH3 is 4. The minimum atomic E-state index is -4.48. The molecule has 0 radical (unpaired) electrons. The number of hydrogen-bond donors (Lipinski definition) is 1. The molecule has 1 saturated carbocycles. The lowest BCUT2D eigenvalue weighted by Crippen LogP contribution is -2.52. The molecule has 0 aromatic heterocycles. The average Bonchev–Trinajstić information content (AvgIpc) is 3.58. The lowest BCUT2D eigenvalue weighted by Gasteiger charge is -2.33. The van der Waals surface area contributed by atoms with Gasteiger partial charge < -0.3 is 29.2 Å². The first-order chi connectivity index (χ1) is 22.0. The van der Waals surface area contributed by atoms with Crippen LogP contribution < -0.4 is 28.6 Å². The van der Waals surface area contributed by atoms with Crippen molar-refractivity contribution in [3.8, 4) is 23.0 Å². The average molecular weight is 658 g/mol. The first-order valence-electron chi connectivity index (χ1n) is 14.8. The summed E-state index contributed by atoms with van der Waals surface area (Å²) < 4.78 is 64.9. The van der Waals surface area contributed by atoms with Crippen molar-refractivity contribution >= 4 is 27.5 Å². The van der Waals surface area contributed by atoms with Crippen molar-refractivity contribution in [2.75, 3.05) is 39.3 Å². The van der Waals surface area contributed by atoms with Crippen LogP contribution in [0.5, 0.6) is 23.0 Å². The summed E-state index contributed by atoms with van der Waals surface area (Å²) in [5, 5.41) is 3.02. The lowest BCUT2D eigenvalue weighted by atomic mass is 10.1. The number of ether oxygens (including phenoxy) is 4. The highest BCUT2D eigenvalue weighted by Gasteiger charge is 2.35. The summed E-state index contributed by atoms with van der Waals surface area (Å²) in [6.45, 7) is 0.811. The third-order valence-corrected chi connectivity index (χ3v) is 9.77. The summed E-state index contributed by atoms with van der Waals surface area (Å²) in [5.74, 6) is -0.523. The Labute approximate surface area is 269 Å². The highest BCUT2D eigenvalue weighted by Crippen LogP contribution is 2.38. The molecule has 3 aromatic rings. The number of sulfonamides is 1. The van der Waals surface area contributed by atoms with Crippen molar-refractivity contribution in [3.63, 3.8) is 0 Å². The molecule has 0 heterocycles. The van der Waals surface area contributed by atoms with Gasteiger partial charge in [0.1, 0.15) is 29.9 Å². The number of anilines is 1. The smallest absolute Gasteiger partial charge is 0.265 e. The monoisotopic (exact) mass is 657 g/mol. The molecule has 46 heavy (non-hydrogen) atoms. The summed E-state index contributed by atoms with van der Waals surface area (Å²) in [4.78, 5) is 28.8. The number of carbonyl (C=O) groups is 2. The standard InChI is InChI=1S/C33H40FN3O8S/c1-22(33(39)35-25-8-6-7-9-25)36(20-23-10-12-24(34)13-11-23)32(38)21-37(28-18-26(42-2)14-16-29(28)43-3)46(40,41)27-15-17-30(44-4)31(19-27)45-5/h10-19,22,25H,6-9,20-21H2,1-5H3,(H,35,39). The van der Waals surface area contributed by atoms with E-state index < -0.39 is 34.3 Å². The van der Waals surface area contributed by atoms with Crippen molar-refractivity contribution in [1.29, 1.82) is 0 Å². The van der Waals surface area contributed by atoms with Crippen LogP contribution in [0.4, 0.5) is 10.1 Å². The largest absolute Gasteiger partial charge is 0.497 e. The molecule has 0 spiro atoms. The van der Waals surface area contributed by atoms with Crippen LogP contribution in [0.2, 0.25) is 0 Å². The van der Waals surface area contributed by atoms with Crippen LogP contribution in [0, 0.1) is 5.82 Å². The van der Waals surface area contributed by atoms with Crippen LogP contribution in [0.15, 0.2) is 65.6 Å². The van der Waals surface area contributed by atoms with Crippen LogP contribution in [-0.4, -0.2) is 72.2 Å². The lowest BCUT2D eigenvalue weighted by molar-refractivity contribution is -0.139. The van der Waals surface area contributed by atoms with Crippen LogP contribution in [0.25, 0.3) is 0 Å². The minimum Gasteiger partial charge on any atom is -0.497 e. The second kappa shape index (κ2) is 15.2. The number of benzene rings is 3. The molecular weight excluding hydrogens is 617 g/mol. The number of carbonyl (C=O) groups excluding carboxylic acids is 2. The Morgan fingerprint density at radius 3 is 2.11 bits per heavy atom. The highest BCUT2D eigenvalue weighted by molar-refractivity contribution is 7.92. The summed E-state index contributed by atoms with van der Waals surface area (Å²) in [6.07, 6.45) is 3.69. The molecule has 2 amide bonds. The predicted octanol–water partition coefficient (Wildman–Crippen LogP) is 4.53. The number of nitrogens with zero attached hydrogens (tertiary/aromatic N) is 2. The molecule has 0 saturated heterocycles. The molecule has 0 bridgehead atoms. The maximum absolute atomic E-state index is 14.4. The van der Waals surface area contributed by atoms with Gasteiger partial charge in [-0.1, -0.05) is 25.0 Å². The van der Waals surface area contributed by atoms with E-state index in [2.05, 4.69) is 5.32 Å². The van der Waals surface area contributed by atoms with E-state index in [4.69, 9.17) is 18.9 Å². The Bertz CT molecular complexity index is 1630. The molecule has 1 unspecified atom stereocenters. The summed E-state index contributed by atoms with van der Waals surface area (Å²) in [5.41, 5.74) is 0.596. The van der Waals surface area contributed by atoms with E-state index in [-0.39, 0.29) is 40.6 Å². The van der Waals surface area contributed by atoms with E-state index in [9.17, 15) is 22.4 Å². The Balaban J connectivity index is 1.79. The zero-order valence-electron chi connectivity index (χ0n) is 26.6. The Kier molecular flexibility index (Phi) is 11.3. The topological polar surface area (TPSA) is 124 Å². The molecule has 0 aliphatic heterocycles. The predicted molar refractivity (Wildman–Crippen MR) is 170 cm³/mol. The maximum atomic E-state index is 14.4. The molecule has 3 aromatic carbocycles. The van der Waals surface area contributed by atoms with Gasteiger partial charge in [-0.3, -0.25) is 13.9 Å². The van der Waals surface area contributed by atoms with Gasteiger partial charge in [-0.15, -0.1) is 0 Å². The van der Waals surface area contributed by atoms with Crippen molar-refractivity contribution in [3.05, 3.63) is 72.0 Å². The van der Waals surface area contributed by atoms with Crippen molar-refractivity contribution in [2.24, 2.45) is 0 Å². The Morgan fingerprint density at radius 2 is 1.50 bits per heavy atom. The molecule has 1 aliphatic rings. The van der Waals surface area contributed by atoms with Crippen LogP contribution >= 0.6 is 0 Å². The zero-order chi connectivity index (χ0) is 33.4. The molecule has 13 heteroatoms. The van der Waals surface area contributed by atoms with E-state index in [0.717, 1.165) is 30.0 Å². The Hall–Kier alpha value is -4.52. The summed E-state index contributed by atoms with van der Waals surface area (Å²) in [6, 6.07) is 13.2. The van der Waals surface area contributed by atoms with Gasteiger partial charge in [0.2, 0.25) is 11.8 Å². The molecule has 1 atom stereocenters. The van der Waals surface area contributed by atoms with Gasteiger partial charge in [-0.05, 0) is 61.7 Å².